The Morgan fingerprint density at radius 2 is 2.14 bits per heavy atom. The van der Waals surface area contributed by atoms with Crippen LogP contribution in [0.25, 0.3) is 0 Å². The summed E-state index contributed by atoms with van der Waals surface area (Å²) < 4.78 is 11.2. The van der Waals surface area contributed by atoms with E-state index in [0.29, 0.717) is 18.2 Å². The van der Waals surface area contributed by atoms with Crippen LogP contribution in [0.4, 0.5) is 5.69 Å². The topological polar surface area (TPSA) is 89.0 Å². The number of rotatable bonds is 3. The first-order valence-electron chi connectivity index (χ1n) is 8.56. The van der Waals surface area contributed by atoms with E-state index in [1.807, 2.05) is 47.2 Å². The van der Waals surface area contributed by atoms with Gasteiger partial charge in [-0.2, -0.15) is 0 Å². The molecule has 140 valence electrons. The van der Waals surface area contributed by atoms with Crippen molar-refractivity contribution in [1.82, 2.24) is 4.98 Å². The standard InChI is InChI=1S/C21H16N2O5/c1-27-19-14(21(25)26)8-9-16(15(19)12-24)23-11-13-5-4-10-22-20(13)28-18-7-3-2-6-17(18)23/h2-10,16H,11H2,1H3,(H,25,26). The lowest BCUT2D eigenvalue weighted by Crippen LogP contribution is -2.37. The number of methoxy groups -OCH3 is 1. The molecular weight excluding hydrogens is 360 g/mol. The number of carbonyl (C=O) groups is 1. The first-order valence-corrected chi connectivity index (χ1v) is 8.56. The number of benzene rings is 1. The molecule has 0 radical (unpaired) electrons. The number of pyridine rings is 1. The van der Waals surface area contributed by atoms with Crippen LogP contribution in [0.5, 0.6) is 11.6 Å². The molecule has 2 aliphatic rings. The fraction of sp³-hybridized carbons (Fsp3) is 0.143. The van der Waals surface area contributed by atoms with Crippen LogP contribution >= 0.6 is 0 Å². The van der Waals surface area contributed by atoms with Gasteiger partial charge in [0, 0.05) is 18.3 Å². The zero-order valence-electron chi connectivity index (χ0n) is 15.0. The van der Waals surface area contributed by atoms with E-state index in [1.165, 1.54) is 13.2 Å². The lowest BCUT2D eigenvalue weighted by atomic mass is 9.94. The largest absolute Gasteiger partial charge is 0.495 e. The molecule has 1 aromatic heterocycles. The molecule has 1 aliphatic carbocycles. The highest BCUT2D eigenvalue weighted by molar-refractivity contribution is 5.93. The van der Waals surface area contributed by atoms with Gasteiger partial charge in [0.15, 0.2) is 5.75 Å². The average Bonchev–Trinajstić information content (AvgIpc) is 2.89. The molecule has 0 spiro atoms. The molecule has 0 amide bonds. The van der Waals surface area contributed by atoms with Crippen LogP contribution < -0.4 is 9.64 Å². The van der Waals surface area contributed by atoms with Gasteiger partial charge in [-0.3, -0.25) is 0 Å². The number of carboxylic acids is 1. The number of carboxylic acid groups (broad SMARTS) is 1. The van der Waals surface area contributed by atoms with E-state index in [9.17, 15) is 14.7 Å². The SMILES string of the molecule is COC1=C(C(=O)O)C=CC(N2Cc3cccnc3Oc3ccccc32)C1=C=O. The predicted molar refractivity (Wildman–Crippen MR) is 101 cm³/mol. The number of anilines is 1. The lowest BCUT2D eigenvalue weighted by molar-refractivity contribution is -0.132. The van der Waals surface area contributed by atoms with Gasteiger partial charge in [-0.25, -0.2) is 14.6 Å². The molecular formula is C21H16N2O5. The smallest absolute Gasteiger partial charge is 0.339 e. The summed E-state index contributed by atoms with van der Waals surface area (Å²) in [5, 5.41) is 9.41. The molecule has 0 saturated heterocycles. The number of nitrogens with zero attached hydrogens (tertiary/aromatic N) is 2. The third-order valence-corrected chi connectivity index (χ3v) is 4.68. The molecule has 7 heteroatoms. The highest BCUT2D eigenvalue weighted by Crippen LogP contribution is 2.41. The van der Waals surface area contributed by atoms with E-state index in [4.69, 9.17) is 9.47 Å². The van der Waals surface area contributed by atoms with Crippen molar-refractivity contribution in [3.05, 3.63) is 77.2 Å². The van der Waals surface area contributed by atoms with E-state index >= 15 is 0 Å². The van der Waals surface area contributed by atoms with Crippen LogP contribution in [0, 0.1) is 0 Å². The molecule has 1 atom stereocenters. The van der Waals surface area contributed by atoms with E-state index in [2.05, 4.69) is 4.98 Å². The van der Waals surface area contributed by atoms with Gasteiger partial charge in [0.05, 0.1) is 18.8 Å². The van der Waals surface area contributed by atoms with Crippen LogP contribution in [0.2, 0.25) is 0 Å². The number of ether oxygens (including phenoxy) is 2. The molecule has 1 N–H and O–H groups in total. The number of carbonyl (C=O) groups excluding carboxylic acids is 1. The Balaban J connectivity index is 1.86. The molecule has 1 aromatic carbocycles. The summed E-state index contributed by atoms with van der Waals surface area (Å²) in [5.74, 6) is 1.79. The first-order chi connectivity index (χ1) is 13.6. The zero-order chi connectivity index (χ0) is 19.7. The van der Waals surface area contributed by atoms with Crippen LogP contribution in [0.3, 0.4) is 0 Å². The van der Waals surface area contributed by atoms with Crippen molar-refractivity contribution in [2.24, 2.45) is 0 Å². The van der Waals surface area contributed by atoms with Gasteiger partial charge in [-0.05, 0) is 24.3 Å². The van der Waals surface area contributed by atoms with Crippen molar-refractivity contribution in [3.8, 4) is 11.6 Å². The van der Waals surface area contributed by atoms with Crippen LogP contribution in [0.15, 0.2) is 71.7 Å². The second kappa shape index (κ2) is 7.06. The van der Waals surface area contributed by atoms with E-state index in [0.717, 1.165) is 11.3 Å². The summed E-state index contributed by atoms with van der Waals surface area (Å²) in [6, 6.07) is 10.5. The Hall–Kier alpha value is -3.83. The Bertz CT molecular complexity index is 1070. The molecule has 0 bridgehead atoms. The molecule has 0 saturated carbocycles. The fourth-order valence-corrected chi connectivity index (χ4v) is 3.43. The Morgan fingerprint density at radius 3 is 2.89 bits per heavy atom. The van der Waals surface area contributed by atoms with Crippen LogP contribution in [-0.2, 0) is 20.9 Å². The van der Waals surface area contributed by atoms with E-state index in [-0.39, 0.29) is 16.9 Å². The number of fused-ring (bicyclic) bond motifs is 2. The minimum Gasteiger partial charge on any atom is -0.495 e. The normalized spacial score (nSPS) is 17.8. The predicted octanol–water partition coefficient (Wildman–Crippen LogP) is 2.88. The Morgan fingerprint density at radius 1 is 1.32 bits per heavy atom. The van der Waals surface area contributed by atoms with Crippen molar-refractivity contribution in [2.45, 2.75) is 12.6 Å². The fourth-order valence-electron chi connectivity index (χ4n) is 3.43. The Kier molecular flexibility index (Phi) is 4.43. The Labute approximate surface area is 160 Å². The monoisotopic (exact) mass is 376 g/mol. The van der Waals surface area contributed by atoms with Gasteiger partial charge in [-0.1, -0.05) is 24.3 Å². The van der Waals surface area contributed by atoms with Crippen LogP contribution in [0.1, 0.15) is 5.56 Å². The lowest BCUT2D eigenvalue weighted by Gasteiger charge is -2.33. The van der Waals surface area contributed by atoms with Gasteiger partial charge in [0.1, 0.15) is 22.8 Å². The van der Waals surface area contributed by atoms with Crippen molar-refractivity contribution < 1.29 is 24.2 Å². The highest BCUT2D eigenvalue weighted by atomic mass is 16.5. The molecule has 28 heavy (non-hydrogen) atoms. The number of aliphatic carboxylic acids is 1. The summed E-state index contributed by atoms with van der Waals surface area (Å²) in [6.45, 7) is 0.403. The summed E-state index contributed by atoms with van der Waals surface area (Å²) >= 11 is 0. The molecule has 2 heterocycles. The molecule has 4 rings (SSSR count). The molecule has 7 nitrogen and oxygen atoms in total. The van der Waals surface area contributed by atoms with Gasteiger partial charge >= 0.3 is 5.97 Å². The maximum absolute atomic E-state index is 11.8. The number of para-hydroxylation sites is 2. The van der Waals surface area contributed by atoms with Crippen molar-refractivity contribution in [1.29, 1.82) is 0 Å². The molecule has 2 aromatic rings. The van der Waals surface area contributed by atoms with Gasteiger partial charge in [0.25, 0.3) is 0 Å². The highest BCUT2D eigenvalue weighted by Gasteiger charge is 2.34. The van der Waals surface area contributed by atoms with E-state index < -0.39 is 12.0 Å². The maximum Gasteiger partial charge on any atom is 0.339 e. The summed E-state index contributed by atoms with van der Waals surface area (Å²) in [6.07, 6.45) is 4.76. The summed E-state index contributed by atoms with van der Waals surface area (Å²) in [5.41, 5.74) is 1.62. The molecule has 1 aliphatic heterocycles. The van der Waals surface area contributed by atoms with Crippen molar-refractivity contribution in [3.63, 3.8) is 0 Å². The van der Waals surface area contributed by atoms with Crippen molar-refractivity contribution >= 4 is 17.6 Å². The molecule has 1 unspecified atom stereocenters. The summed E-state index contributed by atoms with van der Waals surface area (Å²) in [4.78, 5) is 29.6. The minimum atomic E-state index is -1.17. The number of hydrogen-bond donors (Lipinski definition) is 1. The van der Waals surface area contributed by atoms with Gasteiger partial charge in [-0.15, -0.1) is 0 Å². The quantitative estimate of drug-likeness (QED) is 0.824. The average molecular weight is 376 g/mol. The van der Waals surface area contributed by atoms with Crippen LogP contribution in [-0.4, -0.2) is 35.2 Å². The minimum absolute atomic E-state index is 0.00376. The maximum atomic E-state index is 11.8. The van der Waals surface area contributed by atoms with Crippen molar-refractivity contribution in [2.75, 3.05) is 12.0 Å². The number of hydrogen-bond acceptors (Lipinski definition) is 6. The summed E-state index contributed by atoms with van der Waals surface area (Å²) in [7, 11) is 1.34. The number of aromatic nitrogens is 1. The van der Waals surface area contributed by atoms with Gasteiger partial charge in [0.2, 0.25) is 5.88 Å². The third-order valence-electron chi connectivity index (χ3n) is 4.68. The third kappa shape index (κ3) is 2.84. The zero-order valence-corrected chi connectivity index (χ0v) is 15.0. The second-order valence-corrected chi connectivity index (χ2v) is 6.24. The van der Waals surface area contributed by atoms with Gasteiger partial charge < -0.3 is 19.5 Å². The second-order valence-electron chi connectivity index (χ2n) is 6.24. The first kappa shape index (κ1) is 17.6. The molecule has 0 fully saturated rings. The van der Waals surface area contributed by atoms with E-state index in [1.54, 1.807) is 12.3 Å².